The Labute approximate surface area is 109 Å². The van der Waals surface area contributed by atoms with E-state index in [9.17, 15) is 0 Å². The summed E-state index contributed by atoms with van der Waals surface area (Å²) in [6, 6.07) is 8.60. The lowest BCUT2D eigenvalue weighted by Gasteiger charge is -2.20. The average Bonchev–Trinajstić information content (AvgIpc) is 2.27. The van der Waals surface area contributed by atoms with Gasteiger partial charge in [-0.2, -0.15) is 0 Å². The minimum atomic E-state index is 0.153. The van der Waals surface area contributed by atoms with E-state index in [2.05, 4.69) is 50.4 Å². The smallest absolute Gasteiger partial charge is 0.0439 e. The number of aliphatic hydroxyl groups is 1. The Morgan fingerprint density at radius 1 is 1.29 bits per heavy atom. The standard InChI is InChI=1S/C14H23NOS/c1-14(2,3)15-11-12-6-4-7-13(10-12)17-9-5-8-16/h4,6-7,10,15-16H,5,8-9,11H2,1-3H3. The van der Waals surface area contributed by atoms with Crippen molar-refractivity contribution in [3.8, 4) is 0 Å². The first kappa shape index (κ1) is 14.6. The highest BCUT2D eigenvalue weighted by atomic mass is 32.2. The van der Waals surface area contributed by atoms with E-state index in [4.69, 9.17) is 5.11 Å². The average molecular weight is 253 g/mol. The van der Waals surface area contributed by atoms with E-state index < -0.39 is 0 Å². The van der Waals surface area contributed by atoms with E-state index in [0.717, 1.165) is 18.7 Å². The Morgan fingerprint density at radius 2 is 2.06 bits per heavy atom. The molecular weight excluding hydrogens is 230 g/mol. The number of aliphatic hydroxyl groups excluding tert-OH is 1. The highest BCUT2D eigenvalue weighted by Gasteiger charge is 2.08. The van der Waals surface area contributed by atoms with Crippen molar-refractivity contribution in [3.63, 3.8) is 0 Å². The zero-order valence-electron chi connectivity index (χ0n) is 11.0. The van der Waals surface area contributed by atoms with Crippen LogP contribution in [0.2, 0.25) is 0 Å². The van der Waals surface area contributed by atoms with Crippen molar-refractivity contribution in [2.24, 2.45) is 0 Å². The Morgan fingerprint density at radius 3 is 2.71 bits per heavy atom. The van der Waals surface area contributed by atoms with E-state index in [1.54, 1.807) is 11.8 Å². The van der Waals surface area contributed by atoms with Crippen molar-refractivity contribution in [2.45, 2.75) is 44.2 Å². The Bertz CT molecular complexity index is 333. The molecule has 2 nitrogen and oxygen atoms in total. The molecule has 1 aromatic rings. The first-order chi connectivity index (χ1) is 8.01. The van der Waals surface area contributed by atoms with Crippen molar-refractivity contribution in [3.05, 3.63) is 29.8 Å². The maximum atomic E-state index is 8.75. The van der Waals surface area contributed by atoms with E-state index in [0.29, 0.717) is 0 Å². The van der Waals surface area contributed by atoms with Gasteiger partial charge in [-0.3, -0.25) is 0 Å². The predicted octanol–water partition coefficient (Wildman–Crippen LogP) is 3.05. The van der Waals surface area contributed by atoms with Gasteiger partial charge in [0.05, 0.1) is 0 Å². The summed E-state index contributed by atoms with van der Waals surface area (Å²) in [6.45, 7) is 7.70. The van der Waals surface area contributed by atoms with Crippen LogP contribution in [0, 0.1) is 0 Å². The molecule has 1 rings (SSSR count). The van der Waals surface area contributed by atoms with Crippen molar-refractivity contribution >= 4 is 11.8 Å². The molecule has 0 radical (unpaired) electrons. The summed E-state index contributed by atoms with van der Waals surface area (Å²) in [7, 11) is 0. The molecule has 3 heteroatoms. The van der Waals surface area contributed by atoms with E-state index in [1.165, 1.54) is 10.5 Å². The van der Waals surface area contributed by atoms with Gasteiger partial charge in [0.25, 0.3) is 0 Å². The van der Waals surface area contributed by atoms with Crippen LogP contribution in [-0.2, 0) is 6.54 Å². The second-order valence-corrected chi connectivity index (χ2v) is 6.34. The van der Waals surface area contributed by atoms with Gasteiger partial charge in [0, 0.05) is 29.3 Å². The molecule has 0 bridgehead atoms. The van der Waals surface area contributed by atoms with Gasteiger partial charge in [-0.15, -0.1) is 11.8 Å². The number of rotatable bonds is 6. The normalized spacial score (nSPS) is 11.8. The van der Waals surface area contributed by atoms with Gasteiger partial charge < -0.3 is 10.4 Å². The minimum Gasteiger partial charge on any atom is -0.396 e. The maximum absolute atomic E-state index is 8.75. The lowest BCUT2D eigenvalue weighted by Crippen LogP contribution is -2.35. The zero-order chi connectivity index (χ0) is 12.7. The molecule has 0 unspecified atom stereocenters. The molecule has 0 amide bonds. The summed E-state index contributed by atoms with van der Waals surface area (Å²) in [6.07, 6.45) is 0.856. The predicted molar refractivity (Wildman–Crippen MR) is 75.5 cm³/mol. The summed E-state index contributed by atoms with van der Waals surface area (Å²) in [5, 5.41) is 12.2. The second-order valence-electron chi connectivity index (χ2n) is 5.18. The van der Waals surface area contributed by atoms with Crippen molar-refractivity contribution in [1.29, 1.82) is 0 Å². The third-order valence-corrected chi connectivity index (χ3v) is 3.37. The fraction of sp³-hybridized carbons (Fsp3) is 0.571. The van der Waals surface area contributed by atoms with Gasteiger partial charge >= 0.3 is 0 Å². The van der Waals surface area contributed by atoms with E-state index in [-0.39, 0.29) is 12.1 Å². The van der Waals surface area contributed by atoms with Gasteiger partial charge in [-0.1, -0.05) is 12.1 Å². The SMILES string of the molecule is CC(C)(C)NCc1cccc(SCCCO)c1. The van der Waals surface area contributed by atoms with Crippen LogP contribution < -0.4 is 5.32 Å². The number of nitrogens with one attached hydrogen (secondary N) is 1. The second kappa shape index (κ2) is 7.04. The van der Waals surface area contributed by atoms with Gasteiger partial charge in [0.2, 0.25) is 0 Å². The number of hydrogen-bond acceptors (Lipinski definition) is 3. The van der Waals surface area contributed by atoms with Crippen LogP contribution in [0.1, 0.15) is 32.8 Å². The van der Waals surface area contributed by atoms with Crippen LogP contribution in [0.15, 0.2) is 29.2 Å². The summed E-state index contributed by atoms with van der Waals surface area (Å²) in [5.41, 5.74) is 1.47. The highest BCUT2D eigenvalue weighted by molar-refractivity contribution is 7.99. The zero-order valence-corrected chi connectivity index (χ0v) is 11.8. The summed E-state index contributed by atoms with van der Waals surface area (Å²) >= 11 is 1.80. The molecule has 0 heterocycles. The van der Waals surface area contributed by atoms with Crippen molar-refractivity contribution in [1.82, 2.24) is 5.32 Å². The molecule has 0 spiro atoms. The fourth-order valence-corrected chi connectivity index (χ4v) is 2.29. The molecule has 0 atom stereocenters. The van der Waals surface area contributed by atoms with Gasteiger partial charge in [0.1, 0.15) is 0 Å². The monoisotopic (exact) mass is 253 g/mol. The Balaban J connectivity index is 2.48. The van der Waals surface area contributed by atoms with Gasteiger partial charge in [-0.25, -0.2) is 0 Å². The third kappa shape index (κ3) is 6.71. The molecule has 96 valence electrons. The summed E-state index contributed by atoms with van der Waals surface area (Å²) in [5.74, 6) is 0.979. The van der Waals surface area contributed by atoms with Crippen LogP contribution in [0.25, 0.3) is 0 Å². The third-order valence-electron chi connectivity index (χ3n) is 2.29. The van der Waals surface area contributed by atoms with Crippen LogP contribution in [0.3, 0.4) is 0 Å². The minimum absolute atomic E-state index is 0.153. The van der Waals surface area contributed by atoms with Crippen LogP contribution in [0.5, 0.6) is 0 Å². The summed E-state index contributed by atoms with van der Waals surface area (Å²) < 4.78 is 0. The lowest BCUT2D eigenvalue weighted by molar-refractivity contribution is 0.296. The fourth-order valence-electron chi connectivity index (χ4n) is 1.37. The molecule has 0 fully saturated rings. The van der Waals surface area contributed by atoms with Crippen LogP contribution in [0.4, 0.5) is 0 Å². The first-order valence-electron chi connectivity index (χ1n) is 6.09. The molecule has 0 aliphatic heterocycles. The van der Waals surface area contributed by atoms with E-state index in [1.807, 2.05) is 0 Å². The maximum Gasteiger partial charge on any atom is 0.0439 e. The molecule has 1 aromatic carbocycles. The van der Waals surface area contributed by atoms with Crippen molar-refractivity contribution in [2.75, 3.05) is 12.4 Å². The molecule has 0 aliphatic carbocycles. The number of hydrogen-bond donors (Lipinski definition) is 2. The lowest BCUT2D eigenvalue weighted by atomic mass is 10.1. The summed E-state index contributed by atoms with van der Waals surface area (Å²) in [4.78, 5) is 1.28. The number of benzene rings is 1. The van der Waals surface area contributed by atoms with Gasteiger partial charge in [-0.05, 0) is 44.9 Å². The topological polar surface area (TPSA) is 32.3 Å². The first-order valence-corrected chi connectivity index (χ1v) is 7.07. The molecule has 2 N–H and O–H groups in total. The van der Waals surface area contributed by atoms with Gasteiger partial charge in [0.15, 0.2) is 0 Å². The Hall–Kier alpha value is -0.510. The number of thioether (sulfide) groups is 1. The van der Waals surface area contributed by atoms with Crippen molar-refractivity contribution < 1.29 is 5.11 Å². The highest BCUT2D eigenvalue weighted by Crippen LogP contribution is 2.20. The van der Waals surface area contributed by atoms with E-state index >= 15 is 0 Å². The van der Waals surface area contributed by atoms with Crippen LogP contribution in [-0.4, -0.2) is 23.0 Å². The quantitative estimate of drug-likeness (QED) is 0.604. The molecule has 0 aliphatic rings. The Kier molecular flexibility index (Phi) is 6.03. The molecular formula is C14H23NOS. The van der Waals surface area contributed by atoms with Crippen LogP contribution >= 0.6 is 11.8 Å². The molecule has 0 saturated carbocycles. The molecule has 0 saturated heterocycles. The molecule has 0 aromatic heterocycles. The molecule has 17 heavy (non-hydrogen) atoms. The largest absolute Gasteiger partial charge is 0.396 e.